The first-order valence-electron chi connectivity index (χ1n) is 6.28. The molecule has 0 unspecified atom stereocenters. The highest BCUT2D eigenvalue weighted by molar-refractivity contribution is 5.85. The van der Waals surface area contributed by atoms with Crippen molar-refractivity contribution in [3.63, 3.8) is 0 Å². The van der Waals surface area contributed by atoms with Gasteiger partial charge in [0.15, 0.2) is 0 Å². The van der Waals surface area contributed by atoms with Crippen LogP contribution < -0.4 is 5.32 Å². The van der Waals surface area contributed by atoms with Crippen molar-refractivity contribution in [1.29, 1.82) is 0 Å². The third-order valence-electron chi connectivity index (χ3n) is 3.45. The third kappa shape index (κ3) is 3.72. The first-order valence-corrected chi connectivity index (χ1v) is 6.28. The molecule has 0 radical (unpaired) electrons. The van der Waals surface area contributed by atoms with Gasteiger partial charge >= 0.3 is 0 Å². The van der Waals surface area contributed by atoms with Gasteiger partial charge in [-0.1, -0.05) is 30.3 Å². The Morgan fingerprint density at radius 1 is 1.28 bits per heavy atom. The van der Waals surface area contributed by atoms with E-state index in [4.69, 9.17) is 0 Å². The van der Waals surface area contributed by atoms with Crippen molar-refractivity contribution >= 4 is 18.3 Å². The highest BCUT2D eigenvalue weighted by atomic mass is 35.5. The Labute approximate surface area is 115 Å². The summed E-state index contributed by atoms with van der Waals surface area (Å²) in [6.07, 6.45) is 2.17. The number of halogens is 1. The normalized spacial score (nSPS) is 16.2. The molecule has 1 saturated heterocycles. The molecule has 100 valence electrons. The molecule has 0 spiro atoms. The molecule has 1 fully saturated rings. The first kappa shape index (κ1) is 15.0. The van der Waals surface area contributed by atoms with Crippen molar-refractivity contribution in [1.82, 2.24) is 10.2 Å². The number of benzene rings is 1. The predicted octanol–water partition coefficient (Wildman–Crippen LogP) is 2.03. The van der Waals surface area contributed by atoms with Gasteiger partial charge in [-0.2, -0.15) is 0 Å². The number of rotatable bonds is 3. The second kappa shape index (κ2) is 7.39. The molecule has 0 bridgehead atoms. The van der Waals surface area contributed by atoms with Crippen molar-refractivity contribution in [2.24, 2.45) is 0 Å². The van der Waals surface area contributed by atoms with Crippen molar-refractivity contribution in [2.75, 3.05) is 26.7 Å². The summed E-state index contributed by atoms with van der Waals surface area (Å²) >= 11 is 0. The maximum absolute atomic E-state index is 11.7. The molecule has 4 heteroatoms. The minimum absolute atomic E-state index is 0. The van der Waals surface area contributed by atoms with Crippen LogP contribution in [0.1, 0.15) is 24.3 Å². The van der Waals surface area contributed by atoms with Crippen LogP contribution in [0, 0.1) is 0 Å². The van der Waals surface area contributed by atoms with Gasteiger partial charge in [-0.05, 0) is 31.4 Å². The summed E-state index contributed by atoms with van der Waals surface area (Å²) in [5, 5.41) is 2.92. The van der Waals surface area contributed by atoms with Gasteiger partial charge in [0.05, 0.1) is 6.54 Å². The lowest BCUT2D eigenvalue weighted by Gasteiger charge is -2.32. The standard InChI is InChI=1S/C14H20N2O.ClH/c1-15-11-14(17)16-9-7-13(8-10-16)12-5-3-2-4-6-12;/h2-6,13,15H,7-11H2,1H3;1H. The van der Waals surface area contributed by atoms with Crippen LogP contribution in [0.3, 0.4) is 0 Å². The minimum atomic E-state index is 0. The van der Waals surface area contributed by atoms with Crippen LogP contribution in [-0.2, 0) is 4.79 Å². The highest BCUT2D eigenvalue weighted by Gasteiger charge is 2.22. The van der Waals surface area contributed by atoms with Crippen LogP contribution in [0.2, 0.25) is 0 Å². The summed E-state index contributed by atoms with van der Waals surface area (Å²) in [6.45, 7) is 2.23. The fraction of sp³-hybridized carbons (Fsp3) is 0.500. The van der Waals surface area contributed by atoms with E-state index in [9.17, 15) is 4.79 Å². The molecule has 0 aromatic heterocycles. The molecule has 1 aromatic carbocycles. The number of hydrogen-bond donors (Lipinski definition) is 1. The van der Waals surface area contributed by atoms with Gasteiger partial charge < -0.3 is 10.2 Å². The smallest absolute Gasteiger partial charge is 0.236 e. The Morgan fingerprint density at radius 3 is 2.44 bits per heavy atom. The molecule has 2 rings (SSSR count). The van der Waals surface area contributed by atoms with Crippen LogP contribution in [0.15, 0.2) is 30.3 Å². The summed E-state index contributed by atoms with van der Waals surface area (Å²) in [6, 6.07) is 10.6. The zero-order chi connectivity index (χ0) is 12.1. The number of hydrogen-bond acceptors (Lipinski definition) is 2. The minimum Gasteiger partial charge on any atom is -0.342 e. The van der Waals surface area contributed by atoms with E-state index in [2.05, 4.69) is 35.6 Å². The molecule has 1 aromatic rings. The van der Waals surface area contributed by atoms with E-state index >= 15 is 0 Å². The van der Waals surface area contributed by atoms with Gasteiger partial charge in [0, 0.05) is 13.1 Å². The maximum atomic E-state index is 11.7. The van der Waals surface area contributed by atoms with Gasteiger partial charge in [0.2, 0.25) is 5.91 Å². The van der Waals surface area contributed by atoms with E-state index in [1.807, 2.05) is 11.9 Å². The van der Waals surface area contributed by atoms with Crippen molar-refractivity contribution in [3.8, 4) is 0 Å². The average molecular weight is 269 g/mol. The summed E-state index contributed by atoms with van der Waals surface area (Å²) in [5.41, 5.74) is 1.41. The Balaban J connectivity index is 0.00000162. The topological polar surface area (TPSA) is 32.3 Å². The molecule has 1 aliphatic rings. The second-order valence-electron chi connectivity index (χ2n) is 4.60. The van der Waals surface area contributed by atoms with E-state index in [0.29, 0.717) is 12.5 Å². The molecule has 3 nitrogen and oxygen atoms in total. The number of likely N-dealkylation sites (N-methyl/N-ethyl adjacent to an activating group) is 1. The lowest BCUT2D eigenvalue weighted by Crippen LogP contribution is -2.41. The molecule has 1 heterocycles. The first-order chi connectivity index (χ1) is 8.31. The number of nitrogens with one attached hydrogen (secondary N) is 1. The molecule has 0 aliphatic carbocycles. The van der Waals surface area contributed by atoms with Crippen LogP contribution >= 0.6 is 12.4 Å². The molecule has 1 amide bonds. The predicted molar refractivity (Wildman–Crippen MR) is 76.2 cm³/mol. The van der Waals surface area contributed by atoms with Crippen molar-refractivity contribution in [2.45, 2.75) is 18.8 Å². The molecule has 0 saturated carbocycles. The molecule has 0 atom stereocenters. The van der Waals surface area contributed by atoms with Crippen LogP contribution in [0.25, 0.3) is 0 Å². The van der Waals surface area contributed by atoms with E-state index in [0.717, 1.165) is 25.9 Å². The number of amides is 1. The molecular formula is C14H21ClN2O. The number of carbonyl (C=O) groups excluding carboxylic acids is 1. The Morgan fingerprint density at radius 2 is 1.89 bits per heavy atom. The van der Waals surface area contributed by atoms with Gasteiger partial charge in [0.1, 0.15) is 0 Å². The fourth-order valence-electron chi connectivity index (χ4n) is 2.45. The largest absolute Gasteiger partial charge is 0.342 e. The second-order valence-corrected chi connectivity index (χ2v) is 4.60. The van der Waals surface area contributed by atoms with Crippen molar-refractivity contribution in [3.05, 3.63) is 35.9 Å². The van der Waals surface area contributed by atoms with Crippen molar-refractivity contribution < 1.29 is 4.79 Å². The SMILES string of the molecule is CNCC(=O)N1CCC(c2ccccc2)CC1.Cl. The van der Waals surface area contributed by atoms with E-state index in [-0.39, 0.29) is 18.3 Å². The van der Waals surface area contributed by atoms with E-state index < -0.39 is 0 Å². The van der Waals surface area contributed by atoms with Crippen LogP contribution in [0.4, 0.5) is 0 Å². The molecular weight excluding hydrogens is 248 g/mol. The quantitative estimate of drug-likeness (QED) is 0.910. The van der Waals surface area contributed by atoms with E-state index in [1.54, 1.807) is 0 Å². The third-order valence-corrected chi connectivity index (χ3v) is 3.45. The van der Waals surface area contributed by atoms with E-state index in [1.165, 1.54) is 5.56 Å². The summed E-state index contributed by atoms with van der Waals surface area (Å²) in [4.78, 5) is 13.7. The monoisotopic (exact) mass is 268 g/mol. The van der Waals surface area contributed by atoms with Crippen LogP contribution in [-0.4, -0.2) is 37.5 Å². The Bertz CT molecular complexity index is 361. The number of nitrogens with zero attached hydrogens (tertiary/aromatic N) is 1. The van der Waals surface area contributed by atoms with Gasteiger partial charge in [0.25, 0.3) is 0 Å². The zero-order valence-electron chi connectivity index (χ0n) is 10.8. The highest BCUT2D eigenvalue weighted by Crippen LogP contribution is 2.27. The number of likely N-dealkylation sites (tertiary alicyclic amines) is 1. The van der Waals surface area contributed by atoms with Gasteiger partial charge in [-0.3, -0.25) is 4.79 Å². The molecule has 1 N–H and O–H groups in total. The summed E-state index contributed by atoms with van der Waals surface area (Å²) < 4.78 is 0. The number of piperidine rings is 1. The number of carbonyl (C=O) groups is 1. The summed E-state index contributed by atoms with van der Waals surface area (Å²) in [5.74, 6) is 0.842. The fourth-order valence-corrected chi connectivity index (χ4v) is 2.45. The lowest BCUT2D eigenvalue weighted by atomic mass is 9.89. The summed E-state index contributed by atoms with van der Waals surface area (Å²) in [7, 11) is 1.81. The van der Waals surface area contributed by atoms with Gasteiger partial charge in [-0.25, -0.2) is 0 Å². The maximum Gasteiger partial charge on any atom is 0.236 e. The van der Waals surface area contributed by atoms with Crippen LogP contribution in [0.5, 0.6) is 0 Å². The Kier molecular flexibility index (Phi) is 6.16. The Hall–Kier alpha value is -1.06. The zero-order valence-corrected chi connectivity index (χ0v) is 11.6. The van der Waals surface area contributed by atoms with Gasteiger partial charge in [-0.15, -0.1) is 12.4 Å². The average Bonchev–Trinajstić information content (AvgIpc) is 2.40. The lowest BCUT2D eigenvalue weighted by molar-refractivity contribution is -0.131. The molecule has 18 heavy (non-hydrogen) atoms. The molecule has 1 aliphatic heterocycles.